The Morgan fingerprint density at radius 2 is 1.87 bits per heavy atom. The molecule has 2 fully saturated rings. The molecule has 4 nitrogen and oxygen atoms in total. The lowest BCUT2D eigenvalue weighted by molar-refractivity contribution is 0.300. The Labute approximate surface area is 91.9 Å². The standard InChI is InChI=1S/C10H20N2O2S/c1-2-15(13,14)11-7-8-5-9-3-4-10(6-8)12-9/h8-12H,2-7H2,1H3. The first-order chi connectivity index (χ1) is 7.09. The van der Waals surface area contributed by atoms with Crippen molar-refractivity contribution in [1.82, 2.24) is 10.0 Å². The molecular formula is C10H20N2O2S. The van der Waals surface area contributed by atoms with Crippen molar-refractivity contribution in [1.29, 1.82) is 0 Å². The summed E-state index contributed by atoms with van der Waals surface area (Å²) < 4.78 is 25.3. The molecule has 2 aliphatic heterocycles. The quantitative estimate of drug-likeness (QED) is 0.740. The summed E-state index contributed by atoms with van der Waals surface area (Å²) in [5.41, 5.74) is 0. The molecule has 0 aromatic rings. The molecule has 0 aromatic carbocycles. The van der Waals surface area contributed by atoms with Crippen molar-refractivity contribution in [2.24, 2.45) is 5.92 Å². The Morgan fingerprint density at radius 3 is 2.40 bits per heavy atom. The van der Waals surface area contributed by atoms with Crippen LogP contribution in [0.5, 0.6) is 0 Å². The second-order valence-electron chi connectivity index (χ2n) is 4.73. The monoisotopic (exact) mass is 232 g/mol. The van der Waals surface area contributed by atoms with E-state index in [1.54, 1.807) is 6.92 Å². The van der Waals surface area contributed by atoms with Gasteiger partial charge in [0, 0.05) is 18.6 Å². The number of hydrogen-bond donors (Lipinski definition) is 2. The van der Waals surface area contributed by atoms with Crippen molar-refractivity contribution in [3.8, 4) is 0 Å². The molecule has 2 heterocycles. The van der Waals surface area contributed by atoms with Crippen LogP contribution >= 0.6 is 0 Å². The van der Waals surface area contributed by atoms with E-state index in [1.165, 1.54) is 12.8 Å². The molecule has 2 aliphatic rings. The van der Waals surface area contributed by atoms with Gasteiger partial charge >= 0.3 is 0 Å². The summed E-state index contributed by atoms with van der Waals surface area (Å²) in [5.74, 6) is 0.718. The molecule has 2 unspecified atom stereocenters. The van der Waals surface area contributed by atoms with Gasteiger partial charge in [-0.1, -0.05) is 0 Å². The third kappa shape index (κ3) is 2.92. The molecule has 0 saturated carbocycles. The van der Waals surface area contributed by atoms with Gasteiger partial charge in [-0.3, -0.25) is 0 Å². The molecule has 0 radical (unpaired) electrons. The first-order valence-corrected chi connectivity index (χ1v) is 7.47. The van der Waals surface area contributed by atoms with Gasteiger partial charge in [0.05, 0.1) is 5.75 Å². The first-order valence-electron chi connectivity index (χ1n) is 5.82. The SMILES string of the molecule is CCS(=O)(=O)NCC1CC2CCC(C1)N2. The number of sulfonamides is 1. The van der Waals surface area contributed by atoms with Crippen LogP contribution in [-0.4, -0.2) is 32.8 Å². The zero-order valence-electron chi connectivity index (χ0n) is 9.20. The summed E-state index contributed by atoms with van der Waals surface area (Å²) in [4.78, 5) is 0. The van der Waals surface area contributed by atoms with Crippen LogP contribution in [0.2, 0.25) is 0 Å². The fourth-order valence-corrected chi connectivity index (χ4v) is 3.38. The lowest BCUT2D eigenvalue weighted by Gasteiger charge is -2.29. The topological polar surface area (TPSA) is 58.2 Å². The molecular weight excluding hydrogens is 212 g/mol. The highest BCUT2D eigenvalue weighted by Crippen LogP contribution is 2.30. The minimum Gasteiger partial charge on any atom is -0.311 e. The van der Waals surface area contributed by atoms with E-state index in [1.807, 2.05) is 0 Å². The summed E-state index contributed by atoms with van der Waals surface area (Å²) in [6.07, 6.45) is 4.79. The predicted molar refractivity (Wildman–Crippen MR) is 60.1 cm³/mol. The zero-order chi connectivity index (χ0) is 10.9. The highest BCUT2D eigenvalue weighted by Gasteiger charge is 2.33. The van der Waals surface area contributed by atoms with Gasteiger partial charge in [-0.25, -0.2) is 13.1 Å². The molecule has 2 saturated heterocycles. The maximum Gasteiger partial charge on any atom is 0.211 e. The molecule has 2 N–H and O–H groups in total. The third-order valence-electron chi connectivity index (χ3n) is 3.54. The van der Waals surface area contributed by atoms with Gasteiger partial charge < -0.3 is 5.32 Å². The summed E-state index contributed by atoms with van der Waals surface area (Å²) in [5, 5.41) is 3.55. The van der Waals surface area contributed by atoms with Crippen molar-refractivity contribution in [2.75, 3.05) is 12.3 Å². The fourth-order valence-electron chi connectivity index (χ4n) is 2.69. The minimum atomic E-state index is -3.00. The molecule has 2 bridgehead atoms. The van der Waals surface area contributed by atoms with E-state index in [-0.39, 0.29) is 5.75 Å². The third-order valence-corrected chi connectivity index (χ3v) is 4.91. The summed E-state index contributed by atoms with van der Waals surface area (Å²) in [7, 11) is -3.00. The summed E-state index contributed by atoms with van der Waals surface area (Å²) in [6, 6.07) is 1.28. The van der Waals surface area contributed by atoms with Crippen molar-refractivity contribution >= 4 is 10.0 Å². The molecule has 0 amide bonds. The summed E-state index contributed by atoms with van der Waals surface area (Å²) in [6.45, 7) is 2.30. The Balaban J connectivity index is 1.81. The molecule has 2 rings (SSSR count). The highest BCUT2D eigenvalue weighted by molar-refractivity contribution is 7.89. The molecule has 2 atom stereocenters. The highest BCUT2D eigenvalue weighted by atomic mass is 32.2. The van der Waals surface area contributed by atoms with E-state index in [2.05, 4.69) is 10.0 Å². The van der Waals surface area contributed by atoms with Crippen LogP contribution in [0.15, 0.2) is 0 Å². The maximum atomic E-state index is 11.3. The van der Waals surface area contributed by atoms with Crippen molar-refractivity contribution < 1.29 is 8.42 Å². The normalized spacial score (nSPS) is 35.7. The summed E-state index contributed by atoms with van der Waals surface area (Å²) >= 11 is 0. The van der Waals surface area contributed by atoms with Crippen LogP contribution < -0.4 is 10.0 Å². The van der Waals surface area contributed by atoms with Crippen LogP contribution in [0.25, 0.3) is 0 Å². The van der Waals surface area contributed by atoms with Crippen molar-refractivity contribution in [3.63, 3.8) is 0 Å². The number of hydrogen-bond acceptors (Lipinski definition) is 3. The van der Waals surface area contributed by atoms with Crippen LogP contribution in [0.4, 0.5) is 0 Å². The average Bonchev–Trinajstić information content (AvgIpc) is 2.55. The first kappa shape index (κ1) is 11.4. The van der Waals surface area contributed by atoms with Gasteiger partial charge in [0.2, 0.25) is 10.0 Å². The van der Waals surface area contributed by atoms with Gasteiger partial charge in [-0.2, -0.15) is 0 Å². The van der Waals surface area contributed by atoms with E-state index < -0.39 is 10.0 Å². The number of rotatable bonds is 4. The van der Waals surface area contributed by atoms with E-state index in [0.717, 1.165) is 12.8 Å². The molecule has 0 spiro atoms. The van der Waals surface area contributed by atoms with E-state index in [0.29, 0.717) is 24.5 Å². The number of piperidine rings is 1. The van der Waals surface area contributed by atoms with Gasteiger partial charge in [0.1, 0.15) is 0 Å². The van der Waals surface area contributed by atoms with Crippen molar-refractivity contribution in [3.05, 3.63) is 0 Å². The molecule has 88 valence electrons. The number of nitrogens with one attached hydrogen (secondary N) is 2. The maximum absolute atomic E-state index is 11.3. The Morgan fingerprint density at radius 1 is 1.27 bits per heavy atom. The molecule has 0 aromatic heterocycles. The minimum absolute atomic E-state index is 0.185. The molecule has 15 heavy (non-hydrogen) atoms. The van der Waals surface area contributed by atoms with Crippen LogP contribution in [0.3, 0.4) is 0 Å². The van der Waals surface area contributed by atoms with Gasteiger partial charge in [0.25, 0.3) is 0 Å². The zero-order valence-corrected chi connectivity index (χ0v) is 10.0. The van der Waals surface area contributed by atoms with E-state index in [9.17, 15) is 8.42 Å². The Kier molecular flexibility index (Phi) is 3.33. The lowest BCUT2D eigenvalue weighted by Crippen LogP contribution is -2.42. The predicted octanol–water partition coefficient (Wildman–Crippen LogP) is 0.456. The molecule has 5 heteroatoms. The fraction of sp³-hybridized carbons (Fsp3) is 1.00. The smallest absolute Gasteiger partial charge is 0.211 e. The largest absolute Gasteiger partial charge is 0.311 e. The molecule has 0 aliphatic carbocycles. The second kappa shape index (κ2) is 4.39. The Bertz CT molecular complexity index is 303. The van der Waals surface area contributed by atoms with Gasteiger partial charge in [0.15, 0.2) is 0 Å². The van der Waals surface area contributed by atoms with Gasteiger partial charge in [-0.05, 0) is 38.5 Å². The van der Waals surface area contributed by atoms with Gasteiger partial charge in [-0.15, -0.1) is 0 Å². The van der Waals surface area contributed by atoms with Crippen LogP contribution in [-0.2, 0) is 10.0 Å². The van der Waals surface area contributed by atoms with E-state index in [4.69, 9.17) is 0 Å². The average molecular weight is 232 g/mol. The van der Waals surface area contributed by atoms with Crippen LogP contribution in [0, 0.1) is 5.92 Å². The van der Waals surface area contributed by atoms with E-state index >= 15 is 0 Å². The Hall–Kier alpha value is -0.130. The lowest BCUT2D eigenvalue weighted by atomic mass is 9.93. The second-order valence-corrected chi connectivity index (χ2v) is 6.82. The van der Waals surface area contributed by atoms with Crippen LogP contribution in [0.1, 0.15) is 32.6 Å². The number of fused-ring (bicyclic) bond motifs is 2. The van der Waals surface area contributed by atoms with Crippen molar-refractivity contribution in [2.45, 2.75) is 44.7 Å².